The first-order valence-electron chi connectivity index (χ1n) is 16.8. The van der Waals surface area contributed by atoms with Crippen LogP contribution in [0.1, 0.15) is 76.6 Å². The molecule has 11 nitrogen and oxygen atoms in total. The Morgan fingerprint density at radius 1 is 0.894 bits per heavy atom. The van der Waals surface area contributed by atoms with Gasteiger partial charge < -0.3 is 15.1 Å². The minimum Gasteiger partial charge on any atom is -0.380 e. The number of anilines is 1. The van der Waals surface area contributed by atoms with Crippen molar-refractivity contribution in [1.29, 1.82) is 0 Å². The highest BCUT2D eigenvalue weighted by atomic mass is 16.2. The molecule has 2 aromatic carbocycles. The highest BCUT2D eigenvalue weighted by molar-refractivity contribution is 6.05. The van der Waals surface area contributed by atoms with Gasteiger partial charge in [-0.1, -0.05) is 36.4 Å². The average Bonchev–Trinajstić information content (AvgIpc) is 3.38. The summed E-state index contributed by atoms with van der Waals surface area (Å²) in [6.07, 6.45) is 5.49. The second kappa shape index (κ2) is 13.0. The zero-order chi connectivity index (χ0) is 32.7. The van der Waals surface area contributed by atoms with E-state index in [9.17, 15) is 19.2 Å². The number of rotatable bonds is 7. The van der Waals surface area contributed by atoms with Crippen LogP contribution in [0.2, 0.25) is 0 Å². The van der Waals surface area contributed by atoms with Crippen molar-refractivity contribution >= 4 is 23.4 Å². The Hall–Kier alpha value is -4.35. The molecular weight excluding hydrogens is 594 g/mol. The molecule has 3 amide bonds. The summed E-state index contributed by atoms with van der Waals surface area (Å²) in [5.74, 6) is 0.0948. The molecule has 47 heavy (non-hydrogen) atoms. The van der Waals surface area contributed by atoms with Crippen molar-refractivity contribution in [2.75, 3.05) is 38.5 Å². The standard InChI is InChI=1S/C36H43N7O4/c1-40-20-27(16-30(22-40)38-29-17-34(45)41(2)37-18-29)24-5-3-23(4-6-24)19-42-13-11-25(12-14-42)26-7-8-31-28(15-26)21-43(36(31)47)32-9-10-33(44)39-35(32)46/h3-8,15,17-18,25,27,30,32,38H,9-14,16,19-22H2,1-2H3,(H,39,44,46). The van der Waals surface area contributed by atoms with E-state index in [0.29, 0.717) is 30.4 Å². The Balaban J connectivity index is 0.917. The molecule has 0 spiro atoms. The van der Waals surface area contributed by atoms with Gasteiger partial charge in [-0.25, -0.2) is 4.68 Å². The molecule has 2 N–H and O–H groups in total. The maximum absolute atomic E-state index is 13.1. The first-order chi connectivity index (χ1) is 22.7. The number of fused-ring (bicyclic) bond motifs is 1. The summed E-state index contributed by atoms with van der Waals surface area (Å²) in [4.78, 5) is 55.6. The van der Waals surface area contributed by atoms with Gasteiger partial charge in [-0.05, 0) is 86.0 Å². The maximum atomic E-state index is 13.1. The molecule has 3 aromatic rings. The Labute approximate surface area is 274 Å². The monoisotopic (exact) mass is 637 g/mol. The lowest BCUT2D eigenvalue weighted by Gasteiger charge is -2.37. The topological polar surface area (TPSA) is 120 Å². The second-order valence-corrected chi connectivity index (χ2v) is 13.8. The number of likely N-dealkylation sites (tertiary alicyclic amines) is 2. The number of benzene rings is 2. The summed E-state index contributed by atoms with van der Waals surface area (Å²) >= 11 is 0. The zero-order valence-corrected chi connectivity index (χ0v) is 27.2. The minimum atomic E-state index is -0.582. The summed E-state index contributed by atoms with van der Waals surface area (Å²) in [5.41, 5.74) is 6.24. The van der Waals surface area contributed by atoms with E-state index in [1.807, 2.05) is 6.07 Å². The van der Waals surface area contributed by atoms with Crippen molar-refractivity contribution in [2.45, 2.75) is 69.1 Å². The Morgan fingerprint density at radius 3 is 2.40 bits per heavy atom. The SMILES string of the molecule is CN1CC(Nc2cnn(C)c(=O)c2)CC(c2ccc(CN3CCC(c4ccc5c(c4)CN(C4CCC(=O)NC4=O)C5=O)CC3)cc2)C1. The third-order valence-electron chi connectivity index (χ3n) is 10.4. The number of amides is 3. The van der Waals surface area contributed by atoms with Gasteiger partial charge in [0.2, 0.25) is 11.8 Å². The number of piperidine rings is 3. The number of aromatic nitrogens is 2. The molecule has 3 atom stereocenters. The van der Waals surface area contributed by atoms with E-state index < -0.39 is 6.04 Å². The van der Waals surface area contributed by atoms with E-state index in [0.717, 1.165) is 63.2 Å². The van der Waals surface area contributed by atoms with Crippen LogP contribution in [0.4, 0.5) is 5.69 Å². The largest absolute Gasteiger partial charge is 0.380 e. The minimum absolute atomic E-state index is 0.114. The summed E-state index contributed by atoms with van der Waals surface area (Å²) in [5, 5.41) is 10.1. The van der Waals surface area contributed by atoms with Crippen molar-refractivity contribution in [3.63, 3.8) is 0 Å². The van der Waals surface area contributed by atoms with E-state index in [-0.39, 0.29) is 35.7 Å². The van der Waals surface area contributed by atoms with Crippen LogP contribution in [0.25, 0.3) is 0 Å². The number of hydrogen-bond acceptors (Lipinski definition) is 8. The van der Waals surface area contributed by atoms with Gasteiger partial charge >= 0.3 is 0 Å². The zero-order valence-electron chi connectivity index (χ0n) is 27.2. The summed E-state index contributed by atoms with van der Waals surface area (Å²) in [6.45, 7) is 5.31. The molecule has 3 fully saturated rings. The molecule has 0 radical (unpaired) electrons. The highest BCUT2D eigenvalue weighted by Gasteiger charge is 2.39. The quantitative estimate of drug-likeness (QED) is 0.380. The van der Waals surface area contributed by atoms with Crippen molar-refractivity contribution in [1.82, 2.24) is 29.8 Å². The van der Waals surface area contributed by atoms with Crippen LogP contribution in [-0.4, -0.2) is 87.5 Å². The highest BCUT2D eigenvalue weighted by Crippen LogP contribution is 2.34. The molecule has 5 heterocycles. The van der Waals surface area contributed by atoms with Crippen LogP contribution in [0, 0.1) is 0 Å². The van der Waals surface area contributed by atoms with Gasteiger partial charge in [-0.3, -0.25) is 29.4 Å². The van der Waals surface area contributed by atoms with E-state index in [1.54, 1.807) is 24.2 Å². The van der Waals surface area contributed by atoms with Gasteiger partial charge in [0.1, 0.15) is 6.04 Å². The van der Waals surface area contributed by atoms with E-state index in [1.165, 1.54) is 21.4 Å². The summed E-state index contributed by atoms with van der Waals surface area (Å²) in [7, 11) is 3.81. The van der Waals surface area contributed by atoms with E-state index >= 15 is 0 Å². The van der Waals surface area contributed by atoms with Gasteiger partial charge in [0, 0.05) is 57.3 Å². The summed E-state index contributed by atoms with van der Waals surface area (Å²) < 4.78 is 1.34. The van der Waals surface area contributed by atoms with Crippen LogP contribution >= 0.6 is 0 Å². The molecule has 11 heteroatoms. The van der Waals surface area contributed by atoms with Crippen LogP contribution in [0.15, 0.2) is 59.5 Å². The third kappa shape index (κ3) is 6.73. The van der Waals surface area contributed by atoms with E-state index in [4.69, 9.17) is 0 Å². The number of hydrogen-bond donors (Lipinski definition) is 2. The lowest BCUT2D eigenvalue weighted by molar-refractivity contribution is -0.136. The smallest absolute Gasteiger partial charge is 0.268 e. The molecule has 1 aromatic heterocycles. The van der Waals surface area contributed by atoms with Crippen molar-refractivity contribution in [3.05, 3.63) is 92.9 Å². The molecule has 0 bridgehead atoms. The molecule has 0 saturated carbocycles. The second-order valence-electron chi connectivity index (χ2n) is 13.8. The number of nitrogens with one attached hydrogen (secondary N) is 2. The Bertz CT molecular complexity index is 1730. The van der Waals surface area contributed by atoms with Gasteiger partial charge in [-0.2, -0.15) is 5.10 Å². The van der Waals surface area contributed by atoms with Gasteiger partial charge in [0.05, 0.1) is 11.9 Å². The molecule has 0 aliphatic carbocycles. The Kier molecular flexibility index (Phi) is 8.67. The van der Waals surface area contributed by atoms with E-state index in [2.05, 4.69) is 69.0 Å². The lowest BCUT2D eigenvalue weighted by atomic mass is 9.87. The van der Waals surface area contributed by atoms with Crippen LogP contribution < -0.4 is 16.2 Å². The molecule has 3 saturated heterocycles. The number of likely N-dealkylation sites (N-methyl/N-ethyl adjacent to an activating group) is 1. The van der Waals surface area contributed by atoms with Gasteiger partial charge in [-0.15, -0.1) is 0 Å². The summed E-state index contributed by atoms with van der Waals surface area (Å²) in [6, 6.07) is 16.6. The van der Waals surface area contributed by atoms with Crippen molar-refractivity contribution < 1.29 is 14.4 Å². The molecule has 3 unspecified atom stereocenters. The molecular formula is C36H43N7O4. The van der Waals surface area contributed by atoms with Crippen LogP contribution in [-0.2, 0) is 29.7 Å². The first kappa shape index (κ1) is 31.3. The van der Waals surface area contributed by atoms with Gasteiger partial charge in [0.25, 0.3) is 11.5 Å². The van der Waals surface area contributed by atoms with Gasteiger partial charge in [0.15, 0.2) is 0 Å². The molecule has 4 aliphatic rings. The fraction of sp³-hybridized carbons (Fsp3) is 0.472. The van der Waals surface area contributed by atoms with Crippen molar-refractivity contribution in [3.8, 4) is 0 Å². The third-order valence-corrected chi connectivity index (χ3v) is 10.4. The predicted molar refractivity (Wildman–Crippen MR) is 178 cm³/mol. The number of carbonyl (C=O) groups excluding carboxylic acids is 3. The lowest BCUT2D eigenvalue weighted by Crippen LogP contribution is -2.52. The maximum Gasteiger partial charge on any atom is 0.268 e. The molecule has 246 valence electrons. The Morgan fingerprint density at radius 2 is 1.66 bits per heavy atom. The average molecular weight is 638 g/mol. The molecule has 4 aliphatic heterocycles. The number of imide groups is 1. The van der Waals surface area contributed by atoms with Crippen molar-refractivity contribution in [2.24, 2.45) is 7.05 Å². The first-order valence-corrected chi connectivity index (χ1v) is 16.8. The normalized spacial score (nSPS) is 24.3. The number of aryl methyl sites for hydroxylation is 1. The fourth-order valence-corrected chi connectivity index (χ4v) is 7.88. The van der Waals surface area contributed by atoms with Crippen LogP contribution in [0.3, 0.4) is 0 Å². The fourth-order valence-electron chi connectivity index (χ4n) is 7.88. The predicted octanol–water partition coefficient (Wildman–Crippen LogP) is 2.82. The molecule has 7 rings (SSSR count). The number of nitrogens with zero attached hydrogens (tertiary/aromatic N) is 5. The number of carbonyl (C=O) groups is 3. The van der Waals surface area contributed by atoms with Crippen LogP contribution in [0.5, 0.6) is 0 Å².